The van der Waals surface area contributed by atoms with Crippen molar-refractivity contribution in [1.82, 2.24) is 15.2 Å². The average molecular weight is 656 g/mol. The first-order valence-electron chi connectivity index (χ1n) is 16.0. The van der Waals surface area contributed by atoms with Crippen LogP contribution in [0, 0.1) is 17.2 Å². The van der Waals surface area contributed by atoms with Crippen molar-refractivity contribution in [3.05, 3.63) is 78.7 Å². The van der Waals surface area contributed by atoms with Crippen LogP contribution in [0.25, 0.3) is 10.9 Å². The number of carbonyl (C=O) groups is 3. The van der Waals surface area contributed by atoms with E-state index in [0.29, 0.717) is 71.8 Å². The van der Waals surface area contributed by atoms with Gasteiger partial charge in [-0.25, -0.2) is 4.39 Å². The Morgan fingerprint density at radius 3 is 2.31 bits per heavy atom. The number of piperidine rings is 1. The zero-order valence-corrected chi connectivity index (χ0v) is 26.9. The summed E-state index contributed by atoms with van der Waals surface area (Å²) in [5.74, 6) is 1.31. The maximum absolute atomic E-state index is 13.5. The number of likely N-dealkylation sites (N-methyl/N-ethyl adjacent to an activating group) is 1. The minimum absolute atomic E-state index is 0.0249. The fourth-order valence-electron chi connectivity index (χ4n) is 5.77. The molecule has 1 aliphatic heterocycles. The minimum atomic E-state index is -1.19. The summed E-state index contributed by atoms with van der Waals surface area (Å²) in [6, 6.07) is 17.9. The molecular formula is C36H38FN5O6. The predicted molar refractivity (Wildman–Crippen MR) is 179 cm³/mol. The molecule has 12 heteroatoms. The van der Waals surface area contributed by atoms with Crippen molar-refractivity contribution in [2.75, 3.05) is 51.0 Å². The van der Waals surface area contributed by atoms with E-state index in [1.54, 1.807) is 56.8 Å². The highest BCUT2D eigenvalue weighted by Gasteiger charge is 2.56. The molecule has 0 spiro atoms. The van der Waals surface area contributed by atoms with Crippen LogP contribution in [0.4, 0.5) is 15.8 Å². The van der Waals surface area contributed by atoms with Crippen LogP contribution in [0.1, 0.15) is 25.7 Å². The highest BCUT2D eigenvalue weighted by Crippen LogP contribution is 2.47. The summed E-state index contributed by atoms with van der Waals surface area (Å²) in [5.41, 5.74) is 0.305. The largest absolute Gasteiger partial charge is 0.493 e. The monoisotopic (exact) mass is 655 g/mol. The van der Waals surface area contributed by atoms with Crippen LogP contribution >= 0.6 is 0 Å². The summed E-state index contributed by atoms with van der Waals surface area (Å²) >= 11 is 0. The van der Waals surface area contributed by atoms with Crippen molar-refractivity contribution in [2.24, 2.45) is 11.3 Å². The molecule has 6 rings (SSSR count). The molecule has 2 aliphatic rings. The Labute approximate surface area is 277 Å². The van der Waals surface area contributed by atoms with E-state index in [9.17, 15) is 18.8 Å². The number of pyridine rings is 1. The molecule has 250 valence electrons. The van der Waals surface area contributed by atoms with Gasteiger partial charge < -0.3 is 30.2 Å². The van der Waals surface area contributed by atoms with Crippen molar-refractivity contribution in [3.63, 3.8) is 0 Å². The third-order valence-electron chi connectivity index (χ3n) is 8.86. The SMILES string of the molecule is CNC(=O)CN1CCC(COc2cc3nccc(Oc4ccc(NC(=O)C5(C(=O)Nc6cccc(F)c6)CC5)cc4)c3cc2OC)CC1. The van der Waals surface area contributed by atoms with Crippen LogP contribution in [0.15, 0.2) is 72.9 Å². The summed E-state index contributed by atoms with van der Waals surface area (Å²) in [5, 5.41) is 8.88. The number of likely N-dealkylation sites (tertiary alicyclic amines) is 1. The van der Waals surface area contributed by atoms with Crippen LogP contribution in [0.5, 0.6) is 23.0 Å². The number of nitrogens with one attached hydrogen (secondary N) is 3. The van der Waals surface area contributed by atoms with Gasteiger partial charge in [-0.1, -0.05) is 6.07 Å². The van der Waals surface area contributed by atoms with E-state index in [1.807, 2.05) is 12.1 Å². The Bertz CT molecular complexity index is 1800. The van der Waals surface area contributed by atoms with E-state index in [-0.39, 0.29) is 5.91 Å². The lowest BCUT2D eigenvalue weighted by Crippen LogP contribution is -2.41. The molecule has 0 atom stereocenters. The van der Waals surface area contributed by atoms with E-state index in [4.69, 9.17) is 14.2 Å². The number of aromatic nitrogens is 1. The molecule has 0 radical (unpaired) electrons. The van der Waals surface area contributed by atoms with E-state index in [0.717, 1.165) is 31.3 Å². The molecule has 4 aromatic rings. The predicted octanol–water partition coefficient (Wildman–Crippen LogP) is 5.37. The summed E-state index contributed by atoms with van der Waals surface area (Å²) < 4.78 is 31.6. The molecule has 2 fully saturated rings. The van der Waals surface area contributed by atoms with Crippen LogP contribution in [-0.2, 0) is 14.4 Å². The number of nitrogens with zero attached hydrogens (tertiary/aromatic N) is 2. The second kappa shape index (κ2) is 14.3. The van der Waals surface area contributed by atoms with E-state index < -0.39 is 23.0 Å². The van der Waals surface area contributed by atoms with Gasteiger partial charge in [0.25, 0.3) is 0 Å². The average Bonchev–Trinajstić information content (AvgIpc) is 3.91. The van der Waals surface area contributed by atoms with Crippen LogP contribution in [0.3, 0.4) is 0 Å². The van der Waals surface area contributed by atoms with Gasteiger partial charge in [-0.05, 0) is 99.3 Å². The molecule has 2 heterocycles. The maximum atomic E-state index is 13.5. The van der Waals surface area contributed by atoms with Crippen LogP contribution < -0.4 is 30.2 Å². The van der Waals surface area contributed by atoms with Crippen molar-refractivity contribution < 1.29 is 33.0 Å². The number of anilines is 2. The lowest BCUT2D eigenvalue weighted by molar-refractivity contribution is -0.131. The summed E-state index contributed by atoms with van der Waals surface area (Å²) in [7, 11) is 3.24. The van der Waals surface area contributed by atoms with Gasteiger partial charge in [0.1, 0.15) is 22.7 Å². The van der Waals surface area contributed by atoms with E-state index in [1.165, 1.54) is 18.2 Å². The number of hydrogen-bond donors (Lipinski definition) is 3. The molecule has 1 saturated heterocycles. The lowest BCUT2D eigenvalue weighted by atomic mass is 9.98. The van der Waals surface area contributed by atoms with Gasteiger partial charge in [0.05, 0.1) is 25.8 Å². The fraction of sp³-hybridized carbons (Fsp3) is 0.333. The quantitative estimate of drug-likeness (QED) is 0.174. The number of methoxy groups -OCH3 is 1. The number of rotatable bonds is 12. The normalized spacial score (nSPS) is 15.7. The van der Waals surface area contributed by atoms with Gasteiger partial charge in [-0.2, -0.15) is 0 Å². The number of fused-ring (bicyclic) bond motifs is 1. The summed E-state index contributed by atoms with van der Waals surface area (Å²) in [6.45, 7) is 2.65. The van der Waals surface area contributed by atoms with Crippen LogP contribution in [-0.4, -0.2) is 68.0 Å². The van der Waals surface area contributed by atoms with Crippen molar-refractivity contribution >= 4 is 40.0 Å². The maximum Gasteiger partial charge on any atom is 0.240 e. The number of hydrogen-bond acceptors (Lipinski definition) is 8. The molecule has 11 nitrogen and oxygen atoms in total. The summed E-state index contributed by atoms with van der Waals surface area (Å²) in [6.07, 6.45) is 4.36. The first kappa shape index (κ1) is 32.7. The second-order valence-corrected chi connectivity index (χ2v) is 12.2. The Kier molecular flexibility index (Phi) is 9.72. The van der Waals surface area contributed by atoms with Crippen molar-refractivity contribution in [3.8, 4) is 23.0 Å². The molecule has 0 unspecified atom stereocenters. The second-order valence-electron chi connectivity index (χ2n) is 12.2. The van der Waals surface area contributed by atoms with Gasteiger partial charge in [0.15, 0.2) is 11.5 Å². The molecule has 1 aromatic heterocycles. The minimum Gasteiger partial charge on any atom is -0.493 e. The molecule has 3 aromatic carbocycles. The standard InChI is InChI=1S/C36H38FN5O6/c1-38-33(43)21-42-16-11-23(12-17-42)22-47-32-20-29-28(19-31(32)46-2)30(10-15-39-29)48-27-8-6-25(7-9-27)40-34(44)36(13-14-36)35(45)41-26-5-3-4-24(37)18-26/h3-10,15,18-20,23H,11-14,16-17,21-22H2,1-2H3,(H,38,43)(H,40,44)(H,41,45). The molecule has 3 amide bonds. The molecule has 1 aliphatic carbocycles. The zero-order chi connectivity index (χ0) is 33.7. The molecular weight excluding hydrogens is 617 g/mol. The first-order chi connectivity index (χ1) is 23.3. The number of halogens is 1. The Morgan fingerprint density at radius 1 is 0.917 bits per heavy atom. The van der Waals surface area contributed by atoms with Crippen molar-refractivity contribution in [2.45, 2.75) is 25.7 Å². The highest BCUT2D eigenvalue weighted by atomic mass is 19.1. The third kappa shape index (κ3) is 7.49. The third-order valence-corrected chi connectivity index (χ3v) is 8.86. The molecule has 3 N–H and O–H groups in total. The molecule has 0 bridgehead atoms. The van der Waals surface area contributed by atoms with Gasteiger partial charge in [-0.15, -0.1) is 0 Å². The molecule has 48 heavy (non-hydrogen) atoms. The fourth-order valence-corrected chi connectivity index (χ4v) is 5.77. The molecule has 1 saturated carbocycles. The van der Waals surface area contributed by atoms with Crippen molar-refractivity contribution in [1.29, 1.82) is 0 Å². The van der Waals surface area contributed by atoms with E-state index in [2.05, 4.69) is 25.8 Å². The zero-order valence-electron chi connectivity index (χ0n) is 26.9. The van der Waals surface area contributed by atoms with Gasteiger partial charge in [0.2, 0.25) is 17.7 Å². The smallest absolute Gasteiger partial charge is 0.240 e. The lowest BCUT2D eigenvalue weighted by Gasteiger charge is -2.31. The first-order valence-corrected chi connectivity index (χ1v) is 16.0. The van der Waals surface area contributed by atoms with Gasteiger partial charge >= 0.3 is 0 Å². The number of ether oxygens (including phenoxy) is 3. The number of amides is 3. The topological polar surface area (TPSA) is 131 Å². The van der Waals surface area contributed by atoms with E-state index >= 15 is 0 Å². The number of benzene rings is 3. The Balaban J connectivity index is 1.07. The number of carbonyl (C=O) groups excluding carboxylic acids is 3. The Hall–Kier alpha value is -5.23. The highest BCUT2D eigenvalue weighted by molar-refractivity contribution is 6.16. The summed E-state index contributed by atoms with van der Waals surface area (Å²) in [4.78, 5) is 44.3. The van der Waals surface area contributed by atoms with Crippen LogP contribution in [0.2, 0.25) is 0 Å². The van der Waals surface area contributed by atoms with Gasteiger partial charge in [0, 0.05) is 36.1 Å². The Morgan fingerprint density at radius 2 is 1.65 bits per heavy atom. The van der Waals surface area contributed by atoms with Gasteiger partial charge in [-0.3, -0.25) is 24.3 Å².